The third-order valence-corrected chi connectivity index (χ3v) is 5.25. The molecule has 1 fully saturated rings. The summed E-state index contributed by atoms with van der Waals surface area (Å²) in [6.45, 7) is 1.75. The van der Waals surface area contributed by atoms with Crippen LogP contribution in [0.2, 0.25) is 5.02 Å². The van der Waals surface area contributed by atoms with Gasteiger partial charge in [0.25, 0.3) is 5.91 Å². The van der Waals surface area contributed by atoms with E-state index in [0.717, 1.165) is 58.5 Å². The average Bonchev–Trinajstić information content (AvgIpc) is 2.98. The molecule has 0 atom stereocenters. The molecule has 4 rings (SSSR count). The van der Waals surface area contributed by atoms with E-state index < -0.39 is 0 Å². The maximum absolute atomic E-state index is 12.8. The molecule has 1 aliphatic heterocycles. The fourth-order valence-corrected chi connectivity index (χ4v) is 3.87. The second kappa shape index (κ2) is 6.57. The molecule has 0 saturated carbocycles. The molecule has 2 heterocycles. The molecule has 0 bridgehead atoms. The lowest BCUT2D eigenvalue weighted by molar-refractivity contribution is 0.0724. The predicted octanol–water partition coefficient (Wildman–Crippen LogP) is 5.12. The molecule has 1 saturated heterocycles. The van der Waals surface area contributed by atoms with E-state index >= 15 is 0 Å². The first-order valence-corrected chi connectivity index (χ1v) is 9.15. The molecule has 1 amide bonds. The Morgan fingerprint density at radius 2 is 1.84 bits per heavy atom. The first-order valence-electron chi connectivity index (χ1n) is 8.78. The molecule has 0 aliphatic carbocycles. The van der Waals surface area contributed by atoms with Gasteiger partial charge in [-0.15, -0.1) is 0 Å². The Kier molecular flexibility index (Phi) is 4.26. The van der Waals surface area contributed by atoms with Gasteiger partial charge in [-0.05, 0) is 49.1 Å². The van der Waals surface area contributed by atoms with Crippen molar-refractivity contribution in [3.8, 4) is 11.1 Å². The average molecular weight is 353 g/mol. The lowest BCUT2D eigenvalue weighted by Crippen LogP contribution is -2.35. The van der Waals surface area contributed by atoms with Gasteiger partial charge in [-0.2, -0.15) is 0 Å². The highest BCUT2D eigenvalue weighted by Gasteiger charge is 2.19. The molecule has 128 valence electrons. The van der Waals surface area contributed by atoms with Gasteiger partial charge < -0.3 is 9.47 Å². The monoisotopic (exact) mass is 352 g/mol. The number of piperidine rings is 1. The van der Waals surface area contributed by atoms with Crippen LogP contribution in [0.25, 0.3) is 22.0 Å². The molecular formula is C21H21ClN2O. The molecule has 3 nitrogen and oxygen atoms in total. The van der Waals surface area contributed by atoms with Gasteiger partial charge in [0, 0.05) is 53.4 Å². The topological polar surface area (TPSA) is 25.2 Å². The summed E-state index contributed by atoms with van der Waals surface area (Å²) < 4.78 is 2.08. The summed E-state index contributed by atoms with van der Waals surface area (Å²) in [6, 6.07) is 13.9. The number of fused-ring (bicyclic) bond motifs is 1. The van der Waals surface area contributed by atoms with Crippen molar-refractivity contribution >= 4 is 28.4 Å². The van der Waals surface area contributed by atoms with E-state index in [4.69, 9.17) is 11.6 Å². The molecule has 4 heteroatoms. The fourth-order valence-electron chi connectivity index (χ4n) is 3.68. The molecule has 1 aromatic heterocycles. The highest BCUT2D eigenvalue weighted by Crippen LogP contribution is 2.32. The second-order valence-corrected chi connectivity index (χ2v) is 7.19. The summed E-state index contributed by atoms with van der Waals surface area (Å²) in [6.07, 6.45) is 5.54. The van der Waals surface area contributed by atoms with Crippen molar-refractivity contribution in [3.05, 3.63) is 59.2 Å². The lowest BCUT2D eigenvalue weighted by atomic mass is 10.0. The highest BCUT2D eigenvalue weighted by molar-refractivity contribution is 6.30. The van der Waals surface area contributed by atoms with Crippen LogP contribution in [0.3, 0.4) is 0 Å². The number of amides is 1. The van der Waals surface area contributed by atoms with Gasteiger partial charge in [0.2, 0.25) is 0 Å². The summed E-state index contributed by atoms with van der Waals surface area (Å²) in [7, 11) is 2.02. The van der Waals surface area contributed by atoms with Crippen molar-refractivity contribution in [3.63, 3.8) is 0 Å². The maximum Gasteiger partial charge on any atom is 0.253 e. The smallest absolute Gasteiger partial charge is 0.253 e. The molecule has 0 radical (unpaired) electrons. The Bertz CT molecular complexity index is 938. The molecule has 0 unspecified atom stereocenters. The van der Waals surface area contributed by atoms with Crippen LogP contribution in [0, 0.1) is 0 Å². The zero-order valence-corrected chi connectivity index (χ0v) is 15.1. The van der Waals surface area contributed by atoms with Crippen molar-refractivity contribution in [2.45, 2.75) is 19.3 Å². The number of benzene rings is 2. The van der Waals surface area contributed by atoms with E-state index in [0.29, 0.717) is 0 Å². The Morgan fingerprint density at radius 3 is 2.60 bits per heavy atom. The third-order valence-electron chi connectivity index (χ3n) is 5.02. The number of carbonyl (C=O) groups is 1. The minimum absolute atomic E-state index is 0.145. The van der Waals surface area contributed by atoms with Gasteiger partial charge >= 0.3 is 0 Å². The summed E-state index contributed by atoms with van der Waals surface area (Å²) >= 11 is 6.15. The van der Waals surface area contributed by atoms with Gasteiger partial charge in [-0.25, -0.2) is 0 Å². The van der Waals surface area contributed by atoms with Gasteiger partial charge in [0.1, 0.15) is 0 Å². The van der Waals surface area contributed by atoms with E-state index in [9.17, 15) is 4.79 Å². The van der Waals surface area contributed by atoms with Crippen molar-refractivity contribution in [2.75, 3.05) is 13.1 Å². The number of hydrogen-bond donors (Lipinski definition) is 0. The zero-order chi connectivity index (χ0) is 17.4. The van der Waals surface area contributed by atoms with Crippen LogP contribution in [0.1, 0.15) is 29.6 Å². The quantitative estimate of drug-likeness (QED) is 0.628. The molecule has 3 aromatic rings. The van der Waals surface area contributed by atoms with Crippen molar-refractivity contribution < 1.29 is 4.79 Å². The van der Waals surface area contributed by atoms with E-state index in [-0.39, 0.29) is 5.91 Å². The number of carbonyl (C=O) groups excluding carboxylic acids is 1. The molecule has 1 aliphatic rings. The lowest BCUT2D eigenvalue weighted by Gasteiger charge is -2.26. The Balaban J connectivity index is 1.74. The molecule has 25 heavy (non-hydrogen) atoms. The van der Waals surface area contributed by atoms with Gasteiger partial charge in [0.05, 0.1) is 0 Å². The number of nitrogens with zero attached hydrogens (tertiary/aromatic N) is 2. The van der Waals surface area contributed by atoms with Crippen LogP contribution < -0.4 is 0 Å². The van der Waals surface area contributed by atoms with E-state index in [2.05, 4.69) is 22.9 Å². The summed E-state index contributed by atoms with van der Waals surface area (Å²) in [5.41, 5.74) is 4.07. The highest BCUT2D eigenvalue weighted by atomic mass is 35.5. The van der Waals surface area contributed by atoms with E-state index in [1.165, 1.54) is 6.42 Å². The first kappa shape index (κ1) is 16.2. The molecular weight excluding hydrogens is 332 g/mol. The van der Waals surface area contributed by atoms with Crippen molar-refractivity contribution in [1.29, 1.82) is 0 Å². The first-order chi connectivity index (χ1) is 12.1. The Labute approximate surface area is 152 Å². The van der Waals surface area contributed by atoms with Crippen LogP contribution >= 0.6 is 11.6 Å². The van der Waals surface area contributed by atoms with Crippen molar-refractivity contribution in [2.24, 2.45) is 7.05 Å². The fraction of sp³-hybridized carbons (Fsp3) is 0.286. The number of likely N-dealkylation sites (tertiary alicyclic amines) is 1. The predicted molar refractivity (Wildman–Crippen MR) is 103 cm³/mol. The zero-order valence-electron chi connectivity index (χ0n) is 14.3. The van der Waals surface area contributed by atoms with Gasteiger partial charge in [-0.1, -0.05) is 29.8 Å². The van der Waals surface area contributed by atoms with E-state index in [1.807, 2.05) is 42.3 Å². The Morgan fingerprint density at radius 1 is 1.04 bits per heavy atom. The number of hydrogen-bond acceptors (Lipinski definition) is 1. The number of aryl methyl sites for hydroxylation is 1. The summed E-state index contributed by atoms with van der Waals surface area (Å²) in [5, 5.41) is 1.87. The summed E-state index contributed by atoms with van der Waals surface area (Å²) in [4.78, 5) is 14.8. The maximum atomic E-state index is 12.8. The standard InChI is InChI=1S/C21H21ClN2O/c1-23-14-19(15-6-5-7-17(22)12-15)18-9-8-16(13-20(18)23)21(25)24-10-3-2-4-11-24/h5-9,12-14H,2-4,10-11H2,1H3. The normalized spacial score (nSPS) is 14.9. The second-order valence-electron chi connectivity index (χ2n) is 6.75. The number of aromatic nitrogens is 1. The van der Waals surface area contributed by atoms with E-state index in [1.54, 1.807) is 0 Å². The Hall–Kier alpha value is -2.26. The van der Waals surface area contributed by atoms with Crippen LogP contribution in [0.5, 0.6) is 0 Å². The SMILES string of the molecule is Cn1cc(-c2cccc(Cl)c2)c2ccc(C(=O)N3CCCCC3)cc21. The van der Waals surface area contributed by atoms with Crippen LogP contribution in [-0.4, -0.2) is 28.5 Å². The van der Waals surface area contributed by atoms with Crippen molar-refractivity contribution in [1.82, 2.24) is 9.47 Å². The summed E-state index contributed by atoms with van der Waals surface area (Å²) in [5.74, 6) is 0.145. The van der Waals surface area contributed by atoms with Crippen LogP contribution in [0.15, 0.2) is 48.7 Å². The van der Waals surface area contributed by atoms with Crippen LogP contribution in [-0.2, 0) is 7.05 Å². The third kappa shape index (κ3) is 3.05. The molecule has 0 spiro atoms. The number of halogens is 1. The molecule has 0 N–H and O–H groups in total. The van der Waals surface area contributed by atoms with Crippen LogP contribution in [0.4, 0.5) is 0 Å². The molecule has 2 aromatic carbocycles. The van der Waals surface area contributed by atoms with Gasteiger partial charge in [0.15, 0.2) is 0 Å². The number of rotatable bonds is 2. The largest absolute Gasteiger partial charge is 0.350 e. The van der Waals surface area contributed by atoms with Gasteiger partial charge in [-0.3, -0.25) is 4.79 Å². The minimum Gasteiger partial charge on any atom is -0.350 e. The minimum atomic E-state index is 0.145.